The monoisotopic (exact) mass is 225 g/mol. The standard InChI is InChI=1S/C12H23N3O/c1-7-15(10(2)8-14(5)6)11(16)12(3,4)9-13/h10H,7-8H2,1-6H3. The van der Waals surface area contributed by atoms with E-state index in [0.29, 0.717) is 6.54 Å². The molecule has 4 nitrogen and oxygen atoms in total. The van der Waals surface area contributed by atoms with Gasteiger partial charge in [0.15, 0.2) is 0 Å². The predicted octanol–water partition coefficient (Wildman–Crippen LogP) is 1.33. The molecule has 1 atom stereocenters. The van der Waals surface area contributed by atoms with Crippen LogP contribution in [-0.4, -0.2) is 48.9 Å². The van der Waals surface area contributed by atoms with E-state index in [4.69, 9.17) is 5.26 Å². The Morgan fingerprint density at radius 2 is 1.94 bits per heavy atom. The van der Waals surface area contributed by atoms with Crippen molar-refractivity contribution in [2.24, 2.45) is 5.41 Å². The summed E-state index contributed by atoms with van der Waals surface area (Å²) >= 11 is 0. The van der Waals surface area contributed by atoms with Gasteiger partial charge in [-0.25, -0.2) is 0 Å². The quantitative estimate of drug-likeness (QED) is 0.709. The molecule has 0 aliphatic carbocycles. The van der Waals surface area contributed by atoms with Gasteiger partial charge >= 0.3 is 0 Å². The van der Waals surface area contributed by atoms with Crippen LogP contribution >= 0.6 is 0 Å². The van der Waals surface area contributed by atoms with Crippen LogP contribution in [0.15, 0.2) is 0 Å². The van der Waals surface area contributed by atoms with Crippen molar-refractivity contribution < 1.29 is 4.79 Å². The Labute approximate surface area is 98.8 Å². The van der Waals surface area contributed by atoms with E-state index in [1.807, 2.05) is 32.8 Å². The van der Waals surface area contributed by atoms with Gasteiger partial charge < -0.3 is 9.80 Å². The molecule has 0 rings (SSSR count). The van der Waals surface area contributed by atoms with Crippen LogP contribution in [0.1, 0.15) is 27.7 Å². The summed E-state index contributed by atoms with van der Waals surface area (Å²) < 4.78 is 0. The number of nitrogens with zero attached hydrogens (tertiary/aromatic N) is 3. The molecule has 0 aromatic rings. The van der Waals surface area contributed by atoms with Crippen LogP contribution in [0.3, 0.4) is 0 Å². The first-order valence-electron chi connectivity index (χ1n) is 5.63. The molecular weight excluding hydrogens is 202 g/mol. The molecule has 16 heavy (non-hydrogen) atoms. The van der Waals surface area contributed by atoms with Crippen LogP contribution < -0.4 is 0 Å². The van der Waals surface area contributed by atoms with E-state index < -0.39 is 5.41 Å². The first-order valence-corrected chi connectivity index (χ1v) is 5.63. The summed E-state index contributed by atoms with van der Waals surface area (Å²) in [6.45, 7) is 8.73. The summed E-state index contributed by atoms with van der Waals surface area (Å²) in [7, 11) is 3.95. The second kappa shape index (κ2) is 5.86. The molecule has 92 valence electrons. The maximum absolute atomic E-state index is 12.1. The fourth-order valence-electron chi connectivity index (χ4n) is 1.69. The SMILES string of the molecule is CCN(C(=O)C(C)(C)C#N)C(C)CN(C)C. The number of hydrogen-bond donors (Lipinski definition) is 0. The highest BCUT2D eigenvalue weighted by Crippen LogP contribution is 2.19. The number of nitriles is 1. The normalized spacial score (nSPS) is 13.4. The lowest BCUT2D eigenvalue weighted by atomic mass is 9.93. The van der Waals surface area contributed by atoms with Crippen molar-refractivity contribution >= 4 is 5.91 Å². The van der Waals surface area contributed by atoms with Crippen molar-refractivity contribution in [3.63, 3.8) is 0 Å². The van der Waals surface area contributed by atoms with Crippen LogP contribution in [0.5, 0.6) is 0 Å². The van der Waals surface area contributed by atoms with E-state index in [0.717, 1.165) is 6.54 Å². The molecule has 0 radical (unpaired) electrons. The maximum atomic E-state index is 12.1. The van der Waals surface area contributed by atoms with Crippen LogP contribution in [-0.2, 0) is 4.79 Å². The zero-order valence-electron chi connectivity index (χ0n) is 11.2. The second-order valence-corrected chi connectivity index (χ2v) is 4.94. The molecule has 1 unspecified atom stereocenters. The Kier molecular flexibility index (Phi) is 5.46. The number of carbonyl (C=O) groups is 1. The average Bonchev–Trinajstić information content (AvgIpc) is 2.17. The summed E-state index contributed by atoms with van der Waals surface area (Å²) in [6, 6.07) is 2.18. The third kappa shape index (κ3) is 3.82. The Bertz CT molecular complexity index is 278. The van der Waals surface area contributed by atoms with Gasteiger partial charge in [-0.2, -0.15) is 5.26 Å². The number of likely N-dealkylation sites (N-methyl/N-ethyl adjacent to an activating group) is 2. The summed E-state index contributed by atoms with van der Waals surface area (Å²) in [5.74, 6) is -0.0909. The predicted molar refractivity (Wildman–Crippen MR) is 64.8 cm³/mol. The highest BCUT2D eigenvalue weighted by molar-refractivity contribution is 5.84. The number of carbonyl (C=O) groups excluding carboxylic acids is 1. The van der Waals surface area contributed by atoms with Gasteiger partial charge in [-0.3, -0.25) is 4.79 Å². The van der Waals surface area contributed by atoms with Crippen LogP contribution in [0.25, 0.3) is 0 Å². The largest absolute Gasteiger partial charge is 0.338 e. The lowest BCUT2D eigenvalue weighted by Gasteiger charge is -2.33. The van der Waals surface area contributed by atoms with Crippen LogP contribution in [0, 0.1) is 16.7 Å². The van der Waals surface area contributed by atoms with E-state index >= 15 is 0 Å². The second-order valence-electron chi connectivity index (χ2n) is 4.94. The van der Waals surface area contributed by atoms with E-state index in [9.17, 15) is 4.79 Å². The number of rotatable bonds is 5. The van der Waals surface area contributed by atoms with Crippen molar-refractivity contribution in [1.82, 2.24) is 9.80 Å². The fourth-order valence-corrected chi connectivity index (χ4v) is 1.69. The Morgan fingerprint density at radius 3 is 2.25 bits per heavy atom. The van der Waals surface area contributed by atoms with Gasteiger partial charge in [0.2, 0.25) is 5.91 Å². The molecule has 0 saturated heterocycles. The van der Waals surface area contributed by atoms with E-state index in [-0.39, 0.29) is 11.9 Å². The molecular formula is C12H23N3O. The smallest absolute Gasteiger partial charge is 0.242 e. The van der Waals surface area contributed by atoms with Crippen molar-refractivity contribution in [3.8, 4) is 6.07 Å². The van der Waals surface area contributed by atoms with Gasteiger partial charge in [-0.1, -0.05) is 0 Å². The molecule has 0 saturated carbocycles. The Morgan fingerprint density at radius 1 is 1.44 bits per heavy atom. The molecule has 1 amide bonds. The maximum Gasteiger partial charge on any atom is 0.242 e. The molecule has 0 heterocycles. The van der Waals surface area contributed by atoms with Gasteiger partial charge in [-0.15, -0.1) is 0 Å². The van der Waals surface area contributed by atoms with E-state index in [1.54, 1.807) is 18.7 Å². The lowest BCUT2D eigenvalue weighted by Crippen LogP contribution is -2.48. The molecule has 0 aromatic heterocycles. The summed E-state index contributed by atoms with van der Waals surface area (Å²) in [5, 5.41) is 8.96. The van der Waals surface area contributed by atoms with Crippen molar-refractivity contribution in [1.29, 1.82) is 5.26 Å². The van der Waals surface area contributed by atoms with Gasteiger partial charge in [0.1, 0.15) is 5.41 Å². The third-order valence-corrected chi connectivity index (χ3v) is 2.58. The first-order chi connectivity index (χ1) is 7.26. The number of amides is 1. The van der Waals surface area contributed by atoms with Crippen molar-refractivity contribution in [3.05, 3.63) is 0 Å². The highest BCUT2D eigenvalue weighted by atomic mass is 16.2. The van der Waals surface area contributed by atoms with Crippen LogP contribution in [0.2, 0.25) is 0 Å². The molecule has 0 aliphatic rings. The van der Waals surface area contributed by atoms with Gasteiger partial charge in [0.25, 0.3) is 0 Å². The number of hydrogen-bond acceptors (Lipinski definition) is 3. The zero-order chi connectivity index (χ0) is 12.9. The molecule has 0 bridgehead atoms. The zero-order valence-corrected chi connectivity index (χ0v) is 11.2. The molecule has 4 heteroatoms. The molecule has 0 spiro atoms. The molecule has 0 fully saturated rings. The van der Waals surface area contributed by atoms with Gasteiger partial charge in [0.05, 0.1) is 6.07 Å². The average molecular weight is 225 g/mol. The molecule has 0 N–H and O–H groups in total. The lowest BCUT2D eigenvalue weighted by molar-refractivity contribution is -0.139. The minimum atomic E-state index is -0.934. The van der Waals surface area contributed by atoms with E-state index in [1.165, 1.54) is 0 Å². The van der Waals surface area contributed by atoms with Gasteiger partial charge in [0, 0.05) is 19.1 Å². The Balaban J connectivity index is 4.75. The summed E-state index contributed by atoms with van der Waals surface area (Å²) in [4.78, 5) is 15.9. The van der Waals surface area contributed by atoms with Crippen LogP contribution in [0.4, 0.5) is 0 Å². The molecule has 0 aliphatic heterocycles. The third-order valence-electron chi connectivity index (χ3n) is 2.58. The minimum Gasteiger partial charge on any atom is -0.338 e. The first kappa shape index (κ1) is 14.9. The molecule has 0 aromatic carbocycles. The summed E-state index contributed by atoms with van der Waals surface area (Å²) in [5.41, 5.74) is -0.934. The minimum absolute atomic E-state index is 0.0909. The van der Waals surface area contributed by atoms with Crippen molar-refractivity contribution in [2.45, 2.75) is 33.7 Å². The topological polar surface area (TPSA) is 47.3 Å². The Hall–Kier alpha value is -1.08. The van der Waals surface area contributed by atoms with Crippen molar-refractivity contribution in [2.75, 3.05) is 27.2 Å². The van der Waals surface area contributed by atoms with Gasteiger partial charge in [-0.05, 0) is 41.8 Å². The summed E-state index contributed by atoms with van der Waals surface area (Å²) in [6.07, 6.45) is 0. The fraction of sp³-hybridized carbons (Fsp3) is 0.833. The highest BCUT2D eigenvalue weighted by Gasteiger charge is 2.33. The van der Waals surface area contributed by atoms with E-state index in [2.05, 4.69) is 6.07 Å².